The fraction of sp³-hybridized carbons (Fsp3) is 0. The Morgan fingerprint density at radius 3 is 2.20 bits per heavy atom. The Balaban J connectivity index is 3.00. The molecule has 0 aromatic heterocycles. The fourth-order valence-electron chi connectivity index (χ4n) is 0.613. The summed E-state index contributed by atoms with van der Waals surface area (Å²) in [4.78, 5) is 10.3. The van der Waals surface area contributed by atoms with Gasteiger partial charge in [0.15, 0.2) is 0 Å². The second-order valence-electron chi connectivity index (χ2n) is 1.88. The van der Waals surface area contributed by atoms with Crippen molar-refractivity contribution in [3.63, 3.8) is 0 Å². The van der Waals surface area contributed by atoms with E-state index >= 15 is 0 Å². The normalized spacial score (nSPS) is 9.30. The first-order valence-electron chi connectivity index (χ1n) is 2.75. The minimum absolute atomic E-state index is 0.361. The molecule has 49 valence electrons. The summed E-state index contributed by atoms with van der Waals surface area (Å²) in [5.74, 6) is -0.860. The van der Waals surface area contributed by atoms with Crippen LogP contribution in [0, 0.1) is 0 Å². The van der Waals surface area contributed by atoms with Gasteiger partial charge in [-0.2, -0.15) is 0 Å². The molecule has 10 heavy (non-hydrogen) atoms. The predicted octanol–water partition coefficient (Wildman–Crippen LogP) is 0.179. The van der Waals surface area contributed by atoms with Crippen LogP contribution in [0.2, 0.25) is 0 Å². The summed E-state index contributed by atoms with van der Waals surface area (Å²) >= 11 is 0.975. The van der Waals surface area contributed by atoms with Crippen molar-refractivity contribution in [2.45, 2.75) is 0 Å². The second-order valence-corrected chi connectivity index (χ2v) is 4.13. The topological polar surface area (TPSA) is 37.3 Å². The molecule has 0 bridgehead atoms. The summed E-state index contributed by atoms with van der Waals surface area (Å²) < 4.78 is 1.21. The first kappa shape index (κ1) is 7.72. The van der Waals surface area contributed by atoms with Crippen molar-refractivity contribution >= 4 is 34.9 Å². The van der Waals surface area contributed by atoms with Crippen LogP contribution in [0.1, 0.15) is 10.4 Å². The second kappa shape index (κ2) is 3.14. The molecule has 3 radical (unpaired) electrons. The van der Waals surface area contributed by atoms with Crippen LogP contribution in [-0.4, -0.2) is 36.8 Å². The predicted molar refractivity (Wildman–Crippen MR) is 38.8 cm³/mol. The van der Waals surface area contributed by atoms with Gasteiger partial charge >= 0.3 is 74.6 Å². The molecule has 1 rings (SSSR count). The number of carbonyl (C=O) groups is 1. The molecule has 0 aliphatic heterocycles. The molecule has 2 nitrogen and oxygen atoms in total. The minimum atomic E-state index is -0.860. The standard InChI is InChI=1S/C7H5O2.Pb/c8-7(9)6-4-2-1-3-5-6;/h2-5H,(H,8,9);. The van der Waals surface area contributed by atoms with E-state index in [4.69, 9.17) is 5.11 Å². The Labute approximate surface area is 74.6 Å². The van der Waals surface area contributed by atoms with Gasteiger partial charge in [-0.25, -0.2) is 0 Å². The van der Waals surface area contributed by atoms with Crippen LogP contribution in [0.5, 0.6) is 0 Å². The van der Waals surface area contributed by atoms with Crippen LogP contribution in [0.15, 0.2) is 24.3 Å². The molecule has 1 N–H and O–H groups in total. The number of benzene rings is 1. The van der Waals surface area contributed by atoms with Gasteiger partial charge in [0.1, 0.15) is 0 Å². The maximum atomic E-state index is 10.3. The van der Waals surface area contributed by atoms with E-state index in [-0.39, 0.29) is 0 Å². The molecular weight excluding hydrogens is 323 g/mol. The van der Waals surface area contributed by atoms with Crippen LogP contribution in [0.4, 0.5) is 0 Å². The van der Waals surface area contributed by atoms with Crippen molar-refractivity contribution in [2.75, 3.05) is 0 Å². The van der Waals surface area contributed by atoms with E-state index in [0.717, 1.165) is 25.8 Å². The van der Waals surface area contributed by atoms with E-state index in [2.05, 4.69) is 0 Å². The third kappa shape index (κ3) is 1.80. The summed E-state index contributed by atoms with van der Waals surface area (Å²) in [7, 11) is 0. The van der Waals surface area contributed by atoms with Crippen LogP contribution in [0.25, 0.3) is 0 Å². The van der Waals surface area contributed by atoms with Gasteiger partial charge in [-0.3, -0.25) is 0 Å². The molecule has 0 unspecified atom stereocenters. The van der Waals surface area contributed by atoms with Gasteiger partial charge in [0.25, 0.3) is 0 Å². The number of aromatic carboxylic acids is 1. The van der Waals surface area contributed by atoms with Crippen LogP contribution in [-0.2, 0) is 0 Å². The zero-order valence-electron chi connectivity index (χ0n) is 5.16. The molecule has 0 heterocycles. The van der Waals surface area contributed by atoms with Gasteiger partial charge in [0, 0.05) is 0 Å². The van der Waals surface area contributed by atoms with Gasteiger partial charge in [-0.1, -0.05) is 0 Å². The summed E-state index contributed by atoms with van der Waals surface area (Å²) in [6.45, 7) is 0. The Morgan fingerprint density at radius 2 is 1.80 bits per heavy atom. The summed E-state index contributed by atoms with van der Waals surface area (Å²) in [5.41, 5.74) is 0.361. The van der Waals surface area contributed by atoms with Crippen molar-refractivity contribution in [3.05, 3.63) is 29.8 Å². The van der Waals surface area contributed by atoms with Crippen molar-refractivity contribution in [1.82, 2.24) is 0 Å². The number of hydrogen-bond acceptors (Lipinski definition) is 1. The molecular formula is C7H5O2Pb. The van der Waals surface area contributed by atoms with E-state index in [9.17, 15) is 4.79 Å². The molecule has 1 aromatic carbocycles. The van der Waals surface area contributed by atoms with E-state index in [1.54, 1.807) is 12.1 Å². The number of carboxylic acid groups (broad SMARTS) is 1. The summed E-state index contributed by atoms with van der Waals surface area (Å²) in [6.07, 6.45) is 0. The molecule has 0 spiro atoms. The Hall–Kier alpha value is -0.388. The Bertz CT molecular complexity index is 240. The quantitative estimate of drug-likeness (QED) is 0.747. The number of rotatable bonds is 1. The molecule has 0 aliphatic rings. The van der Waals surface area contributed by atoms with E-state index < -0.39 is 5.97 Å². The van der Waals surface area contributed by atoms with Crippen LogP contribution in [0.3, 0.4) is 0 Å². The maximum absolute atomic E-state index is 10.3. The Morgan fingerprint density at radius 1 is 1.30 bits per heavy atom. The van der Waals surface area contributed by atoms with Gasteiger partial charge < -0.3 is 0 Å². The van der Waals surface area contributed by atoms with Gasteiger partial charge in [-0.05, 0) is 0 Å². The zero-order chi connectivity index (χ0) is 7.56. The van der Waals surface area contributed by atoms with E-state index in [1.165, 1.54) is 3.12 Å². The van der Waals surface area contributed by atoms with Crippen molar-refractivity contribution in [1.29, 1.82) is 0 Å². The van der Waals surface area contributed by atoms with Gasteiger partial charge in [-0.15, -0.1) is 0 Å². The molecule has 1 aromatic rings. The summed E-state index contributed by atoms with van der Waals surface area (Å²) in [6, 6.07) is 6.95. The summed E-state index contributed by atoms with van der Waals surface area (Å²) in [5, 5.41) is 8.49. The third-order valence-electron chi connectivity index (χ3n) is 1.13. The average molecular weight is 328 g/mol. The number of carboxylic acids is 1. The Kier molecular flexibility index (Phi) is 2.42. The first-order valence-corrected chi connectivity index (χ1v) is 4.69. The van der Waals surface area contributed by atoms with Crippen molar-refractivity contribution in [2.24, 2.45) is 0 Å². The molecule has 0 atom stereocenters. The molecule has 0 fully saturated rings. The van der Waals surface area contributed by atoms with Crippen LogP contribution < -0.4 is 3.12 Å². The van der Waals surface area contributed by atoms with E-state index in [1.807, 2.05) is 12.1 Å². The third-order valence-corrected chi connectivity index (χ3v) is 2.43. The molecule has 3 heteroatoms. The van der Waals surface area contributed by atoms with Crippen molar-refractivity contribution < 1.29 is 9.90 Å². The molecule has 0 saturated carbocycles. The average Bonchev–Trinajstić information content (AvgIpc) is 1.88. The monoisotopic (exact) mass is 329 g/mol. The molecule has 0 amide bonds. The van der Waals surface area contributed by atoms with E-state index in [0.29, 0.717) is 5.56 Å². The fourth-order valence-corrected chi connectivity index (χ4v) is 1.26. The molecule has 0 aliphatic carbocycles. The number of hydrogen-bond donors (Lipinski definition) is 1. The van der Waals surface area contributed by atoms with Crippen LogP contribution >= 0.6 is 0 Å². The molecule has 0 saturated heterocycles. The first-order chi connectivity index (χ1) is 4.70. The zero-order valence-corrected chi connectivity index (χ0v) is 9.05. The van der Waals surface area contributed by atoms with Gasteiger partial charge in [0.2, 0.25) is 0 Å². The SMILES string of the molecule is O=C(O)c1cc[c]([Pb])cc1. The van der Waals surface area contributed by atoms with Gasteiger partial charge in [0.05, 0.1) is 0 Å². The van der Waals surface area contributed by atoms with Crippen molar-refractivity contribution in [3.8, 4) is 0 Å².